The molecule has 3 atom stereocenters. The molecule has 0 unspecified atom stereocenters. The summed E-state index contributed by atoms with van der Waals surface area (Å²) in [4.78, 5) is 11.6. The number of allylic oxidation sites excluding steroid dienone is 1. The molecular formula is C15H23NO4. The monoisotopic (exact) mass is 281 g/mol. The summed E-state index contributed by atoms with van der Waals surface area (Å²) < 4.78 is 11.3. The van der Waals surface area contributed by atoms with Gasteiger partial charge < -0.3 is 14.6 Å². The highest BCUT2D eigenvalue weighted by atomic mass is 16.5. The largest absolute Gasteiger partial charge is 0.871 e. The Bertz CT molecular complexity index is 428. The van der Waals surface area contributed by atoms with Crippen LogP contribution in [0.3, 0.4) is 0 Å². The highest BCUT2D eigenvalue weighted by molar-refractivity contribution is 5.86. The molecule has 0 aromatic carbocycles. The zero-order valence-corrected chi connectivity index (χ0v) is 12.4. The molecule has 0 aromatic rings. The molecule has 1 aliphatic rings. The van der Waals surface area contributed by atoms with E-state index < -0.39 is 5.97 Å². The van der Waals surface area contributed by atoms with Crippen molar-refractivity contribution in [3.05, 3.63) is 24.1 Å². The van der Waals surface area contributed by atoms with Crippen LogP contribution in [0.1, 0.15) is 19.8 Å². The SMILES string of the molecule is C=CC[C@H]([C@H](C)COC)[C@@H]1CC([O-])=C(C(=O)OC)[N+]1=C. The molecule has 1 heterocycles. The number of ether oxygens (including phenoxy) is 2. The van der Waals surface area contributed by atoms with Gasteiger partial charge in [-0.05, 0) is 18.1 Å². The maximum Gasteiger partial charge on any atom is 0.402 e. The summed E-state index contributed by atoms with van der Waals surface area (Å²) in [7, 11) is 2.91. The minimum Gasteiger partial charge on any atom is -0.871 e. The van der Waals surface area contributed by atoms with E-state index >= 15 is 0 Å². The summed E-state index contributed by atoms with van der Waals surface area (Å²) in [5.74, 6) is -0.451. The lowest BCUT2D eigenvalue weighted by molar-refractivity contribution is -0.508. The topological polar surface area (TPSA) is 61.6 Å². The van der Waals surface area contributed by atoms with Gasteiger partial charge >= 0.3 is 5.97 Å². The normalized spacial score (nSPS) is 21.8. The predicted molar refractivity (Wildman–Crippen MR) is 74.2 cm³/mol. The van der Waals surface area contributed by atoms with E-state index in [1.807, 2.05) is 6.08 Å². The first-order chi connectivity index (χ1) is 9.47. The summed E-state index contributed by atoms with van der Waals surface area (Å²) in [6, 6.07) is -0.125. The standard InChI is InChI=1S/C15H23NO4/c1-6-7-11(10(2)9-19-4)12-8-13(17)14(16(12)3)15(18)20-5/h6,10-12H,1,3,7-9H2,2,4-5H3/t10-,11-,12+/m1/s1. The maximum absolute atomic E-state index is 12.0. The van der Waals surface area contributed by atoms with E-state index in [2.05, 4.69) is 25.0 Å². The number of carbonyl (C=O) groups is 1. The second-order valence-corrected chi connectivity index (χ2v) is 5.13. The lowest BCUT2D eigenvalue weighted by Crippen LogP contribution is -2.35. The minimum absolute atomic E-state index is 0.0381. The number of nitrogens with zero attached hydrogens (tertiary/aromatic N) is 1. The molecule has 0 N–H and O–H groups in total. The Kier molecular flexibility index (Phi) is 5.95. The van der Waals surface area contributed by atoms with Crippen molar-refractivity contribution in [1.29, 1.82) is 0 Å². The third kappa shape index (κ3) is 3.28. The van der Waals surface area contributed by atoms with Crippen LogP contribution in [0.5, 0.6) is 0 Å². The van der Waals surface area contributed by atoms with Crippen LogP contribution in [0.15, 0.2) is 24.1 Å². The van der Waals surface area contributed by atoms with Gasteiger partial charge in [-0.3, -0.25) is 0 Å². The van der Waals surface area contributed by atoms with Gasteiger partial charge in [0, 0.05) is 26.1 Å². The van der Waals surface area contributed by atoms with Gasteiger partial charge in [0.05, 0.1) is 7.11 Å². The summed E-state index contributed by atoms with van der Waals surface area (Å²) in [6.45, 7) is 10.3. The molecule has 1 rings (SSSR count). The van der Waals surface area contributed by atoms with E-state index in [1.54, 1.807) is 7.11 Å². The summed E-state index contributed by atoms with van der Waals surface area (Å²) in [5, 5.41) is 12.0. The zero-order chi connectivity index (χ0) is 15.3. The molecule has 0 spiro atoms. The van der Waals surface area contributed by atoms with E-state index in [9.17, 15) is 9.90 Å². The van der Waals surface area contributed by atoms with Crippen LogP contribution < -0.4 is 5.11 Å². The predicted octanol–water partition coefficient (Wildman–Crippen LogP) is 0.692. The highest BCUT2D eigenvalue weighted by Gasteiger charge is 2.42. The number of hydrogen-bond acceptors (Lipinski definition) is 4. The number of rotatable bonds is 7. The van der Waals surface area contributed by atoms with Gasteiger partial charge in [0.1, 0.15) is 6.72 Å². The van der Waals surface area contributed by atoms with Crippen molar-refractivity contribution < 1.29 is 24.0 Å². The first kappa shape index (κ1) is 16.4. The van der Waals surface area contributed by atoms with Crippen LogP contribution in [0.4, 0.5) is 0 Å². The average Bonchev–Trinajstić information content (AvgIpc) is 2.70. The Morgan fingerprint density at radius 3 is 2.75 bits per heavy atom. The molecule has 0 amide bonds. The van der Waals surface area contributed by atoms with Crippen LogP contribution in [0.25, 0.3) is 0 Å². The number of hydrogen-bond donors (Lipinski definition) is 0. The minimum atomic E-state index is -0.621. The Hall–Kier alpha value is -1.62. The van der Waals surface area contributed by atoms with E-state index in [4.69, 9.17) is 4.74 Å². The Morgan fingerprint density at radius 1 is 1.60 bits per heavy atom. The second kappa shape index (κ2) is 7.24. The van der Waals surface area contributed by atoms with E-state index in [0.717, 1.165) is 6.42 Å². The molecule has 0 bridgehead atoms. The average molecular weight is 281 g/mol. The summed E-state index contributed by atoms with van der Waals surface area (Å²) in [5.41, 5.74) is 0.0381. The van der Waals surface area contributed by atoms with Crippen LogP contribution in [-0.2, 0) is 14.3 Å². The van der Waals surface area contributed by atoms with Crippen molar-refractivity contribution in [2.24, 2.45) is 11.8 Å². The Morgan fingerprint density at radius 2 is 2.25 bits per heavy atom. The molecule has 0 radical (unpaired) electrons. The lowest BCUT2D eigenvalue weighted by atomic mass is 9.84. The third-order valence-electron chi connectivity index (χ3n) is 3.82. The van der Waals surface area contributed by atoms with Crippen LogP contribution in [0, 0.1) is 11.8 Å². The first-order valence-electron chi connectivity index (χ1n) is 6.65. The van der Waals surface area contributed by atoms with Crippen molar-refractivity contribution in [1.82, 2.24) is 0 Å². The highest BCUT2D eigenvalue weighted by Crippen LogP contribution is 2.32. The van der Waals surface area contributed by atoms with Gasteiger partial charge in [-0.15, -0.1) is 6.58 Å². The van der Waals surface area contributed by atoms with Crippen molar-refractivity contribution in [3.8, 4) is 0 Å². The fraction of sp³-hybridized carbons (Fsp3) is 0.600. The molecule has 1 aliphatic heterocycles. The van der Waals surface area contributed by atoms with Gasteiger partial charge in [-0.2, -0.15) is 4.58 Å². The van der Waals surface area contributed by atoms with Crippen molar-refractivity contribution in [3.63, 3.8) is 0 Å². The number of methoxy groups -OCH3 is 2. The van der Waals surface area contributed by atoms with Crippen molar-refractivity contribution in [2.45, 2.75) is 25.8 Å². The Balaban J connectivity index is 2.94. The fourth-order valence-electron chi connectivity index (χ4n) is 2.78. The third-order valence-corrected chi connectivity index (χ3v) is 3.82. The van der Waals surface area contributed by atoms with Crippen LogP contribution in [-0.4, -0.2) is 44.1 Å². The molecule has 0 fully saturated rings. The molecule has 5 nitrogen and oxygen atoms in total. The van der Waals surface area contributed by atoms with Crippen LogP contribution in [0.2, 0.25) is 0 Å². The smallest absolute Gasteiger partial charge is 0.402 e. The molecular weight excluding hydrogens is 258 g/mol. The quantitative estimate of drug-likeness (QED) is 0.391. The van der Waals surface area contributed by atoms with Crippen molar-refractivity contribution >= 4 is 12.7 Å². The lowest BCUT2D eigenvalue weighted by Gasteiger charge is -2.25. The van der Waals surface area contributed by atoms with Crippen LogP contribution >= 0.6 is 0 Å². The second-order valence-electron chi connectivity index (χ2n) is 5.13. The molecule has 0 saturated heterocycles. The summed E-state index contributed by atoms with van der Waals surface area (Å²) in [6.07, 6.45) is 2.84. The van der Waals surface area contributed by atoms with Gasteiger partial charge in [0.2, 0.25) is 0 Å². The molecule has 0 saturated carbocycles. The molecule has 112 valence electrons. The molecule has 20 heavy (non-hydrogen) atoms. The van der Waals surface area contributed by atoms with Crippen molar-refractivity contribution in [2.75, 3.05) is 20.8 Å². The number of carbonyl (C=O) groups excluding carboxylic acids is 1. The maximum atomic E-state index is 12.0. The van der Waals surface area contributed by atoms with Gasteiger partial charge in [0.25, 0.3) is 5.70 Å². The number of esters is 1. The molecule has 0 aromatic heterocycles. The first-order valence-corrected chi connectivity index (χ1v) is 6.65. The fourth-order valence-corrected chi connectivity index (χ4v) is 2.78. The van der Waals surface area contributed by atoms with Gasteiger partial charge in [0.15, 0.2) is 6.04 Å². The van der Waals surface area contributed by atoms with Gasteiger partial charge in [-0.1, -0.05) is 13.0 Å². The Labute approximate surface area is 120 Å². The van der Waals surface area contributed by atoms with E-state index in [1.165, 1.54) is 11.7 Å². The zero-order valence-electron chi connectivity index (χ0n) is 12.4. The van der Waals surface area contributed by atoms with Gasteiger partial charge in [-0.25, -0.2) is 4.79 Å². The molecule has 0 aliphatic carbocycles. The van der Waals surface area contributed by atoms with E-state index in [0.29, 0.717) is 6.61 Å². The van der Waals surface area contributed by atoms with E-state index in [-0.39, 0.29) is 35.8 Å². The summed E-state index contributed by atoms with van der Waals surface area (Å²) >= 11 is 0. The molecule has 5 heteroatoms.